The number of hydrogen-bond acceptors (Lipinski definition) is 5. The zero-order chi connectivity index (χ0) is 19.6. The highest BCUT2D eigenvalue weighted by molar-refractivity contribution is 6.03. The fourth-order valence-electron chi connectivity index (χ4n) is 2.55. The van der Waals surface area contributed by atoms with Gasteiger partial charge < -0.3 is 14.6 Å². The van der Waals surface area contributed by atoms with E-state index in [-0.39, 0.29) is 18.1 Å². The van der Waals surface area contributed by atoms with Gasteiger partial charge in [-0.05, 0) is 32.9 Å². The van der Waals surface area contributed by atoms with Crippen molar-refractivity contribution in [3.05, 3.63) is 58.6 Å². The van der Waals surface area contributed by atoms with Gasteiger partial charge in [-0.1, -0.05) is 5.16 Å². The Labute approximate surface area is 153 Å². The van der Waals surface area contributed by atoms with E-state index >= 15 is 0 Å². The highest BCUT2D eigenvalue weighted by Crippen LogP contribution is 2.22. The molecule has 9 heteroatoms. The van der Waals surface area contributed by atoms with Crippen LogP contribution in [-0.2, 0) is 13.2 Å². The molecule has 7 nitrogen and oxygen atoms in total. The molecule has 0 saturated carbocycles. The van der Waals surface area contributed by atoms with E-state index in [9.17, 15) is 13.6 Å². The number of nitrogens with one attached hydrogen (secondary N) is 1. The van der Waals surface area contributed by atoms with Gasteiger partial charge in [-0.2, -0.15) is 5.10 Å². The van der Waals surface area contributed by atoms with Crippen molar-refractivity contribution in [3.63, 3.8) is 0 Å². The summed E-state index contributed by atoms with van der Waals surface area (Å²) in [5.41, 5.74) is 1.28. The highest BCUT2D eigenvalue weighted by Gasteiger charge is 2.22. The van der Waals surface area contributed by atoms with Gasteiger partial charge in [-0.3, -0.25) is 9.48 Å². The Morgan fingerprint density at radius 3 is 2.74 bits per heavy atom. The molecule has 0 aliphatic carbocycles. The fraction of sp³-hybridized carbons (Fsp3) is 0.278. The van der Waals surface area contributed by atoms with Crippen LogP contribution in [0.2, 0.25) is 0 Å². The summed E-state index contributed by atoms with van der Waals surface area (Å²) in [6, 6.07) is 4.71. The predicted octanol–water partition coefficient (Wildman–Crippen LogP) is 3.62. The number of aryl methyl sites for hydroxylation is 3. The number of aromatic nitrogens is 3. The SMILES string of the molecule is CCn1nc(NC(=O)c2noc(C)c2COc2ccc(F)cc2F)cc1C. The molecular formula is C18H18F2N4O3. The van der Waals surface area contributed by atoms with E-state index in [1.807, 2.05) is 13.8 Å². The van der Waals surface area contributed by atoms with Crippen LogP contribution < -0.4 is 10.1 Å². The average Bonchev–Trinajstić information content (AvgIpc) is 3.16. The van der Waals surface area contributed by atoms with Crippen LogP contribution in [0.4, 0.5) is 14.6 Å². The van der Waals surface area contributed by atoms with Crippen molar-refractivity contribution in [2.45, 2.75) is 33.9 Å². The van der Waals surface area contributed by atoms with Crippen molar-refractivity contribution in [2.24, 2.45) is 0 Å². The summed E-state index contributed by atoms with van der Waals surface area (Å²) in [5.74, 6) is -1.46. The minimum atomic E-state index is -0.837. The summed E-state index contributed by atoms with van der Waals surface area (Å²) in [6.45, 7) is 5.94. The van der Waals surface area contributed by atoms with Crippen LogP contribution >= 0.6 is 0 Å². The number of carbonyl (C=O) groups excluding carboxylic acids is 1. The molecule has 0 unspecified atom stereocenters. The largest absolute Gasteiger partial charge is 0.486 e. The highest BCUT2D eigenvalue weighted by atomic mass is 19.1. The first-order valence-electron chi connectivity index (χ1n) is 8.27. The van der Waals surface area contributed by atoms with Gasteiger partial charge in [-0.15, -0.1) is 0 Å². The summed E-state index contributed by atoms with van der Waals surface area (Å²) in [5, 5.41) is 10.7. The second kappa shape index (κ2) is 7.56. The van der Waals surface area contributed by atoms with Gasteiger partial charge in [0, 0.05) is 24.4 Å². The zero-order valence-electron chi connectivity index (χ0n) is 15.0. The van der Waals surface area contributed by atoms with Crippen molar-refractivity contribution in [1.82, 2.24) is 14.9 Å². The van der Waals surface area contributed by atoms with E-state index in [1.165, 1.54) is 6.07 Å². The van der Waals surface area contributed by atoms with E-state index in [1.54, 1.807) is 17.7 Å². The molecule has 142 valence electrons. The molecule has 1 aromatic carbocycles. The Morgan fingerprint density at radius 1 is 1.30 bits per heavy atom. The van der Waals surface area contributed by atoms with E-state index in [0.717, 1.165) is 17.8 Å². The van der Waals surface area contributed by atoms with Crippen molar-refractivity contribution in [2.75, 3.05) is 5.32 Å². The Balaban J connectivity index is 1.76. The molecule has 2 heterocycles. The summed E-state index contributed by atoms with van der Waals surface area (Å²) >= 11 is 0. The third-order valence-electron chi connectivity index (χ3n) is 3.99. The van der Waals surface area contributed by atoms with Gasteiger partial charge in [0.05, 0.1) is 5.56 Å². The van der Waals surface area contributed by atoms with Crippen molar-refractivity contribution in [1.29, 1.82) is 0 Å². The van der Waals surface area contributed by atoms with Crippen LogP contribution in [0, 0.1) is 25.5 Å². The Morgan fingerprint density at radius 2 is 2.07 bits per heavy atom. The van der Waals surface area contributed by atoms with E-state index < -0.39 is 17.5 Å². The lowest BCUT2D eigenvalue weighted by molar-refractivity contribution is 0.101. The molecular weight excluding hydrogens is 358 g/mol. The Hall–Kier alpha value is -3.23. The number of rotatable bonds is 6. The van der Waals surface area contributed by atoms with Crippen molar-refractivity contribution < 1.29 is 22.8 Å². The number of nitrogens with zero attached hydrogens (tertiary/aromatic N) is 3. The molecule has 3 rings (SSSR count). The number of benzene rings is 1. The van der Waals surface area contributed by atoms with Gasteiger partial charge in [-0.25, -0.2) is 8.78 Å². The first-order chi connectivity index (χ1) is 12.9. The second-order valence-electron chi connectivity index (χ2n) is 5.87. The molecule has 0 fully saturated rings. The first-order valence-corrected chi connectivity index (χ1v) is 8.27. The van der Waals surface area contributed by atoms with Gasteiger partial charge >= 0.3 is 0 Å². The van der Waals surface area contributed by atoms with E-state index in [0.29, 0.717) is 23.7 Å². The molecule has 0 radical (unpaired) electrons. The molecule has 0 atom stereocenters. The average molecular weight is 376 g/mol. The van der Waals surface area contributed by atoms with Crippen LogP contribution in [-0.4, -0.2) is 20.8 Å². The van der Waals surface area contributed by atoms with Gasteiger partial charge in [0.15, 0.2) is 23.1 Å². The van der Waals surface area contributed by atoms with Crippen LogP contribution in [0.1, 0.15) is 34.4 Å². The lowest BCUT2D eigenvalue weighted by atomic mass is 10.2. The fourth-order valence-corrected chi connectivity index (χ4v) is 2.55. The summed E-state index contributed by atoms with van der Waals surface area (Å²) in [4.78, 5) is 12.5. The first kappa shape index (κ1) is 18.6. The minimum Gasteiger partial charge on any atom is -0.486 e. The minimum absolute atomic E-state index is 0.0127. The van der Waals surface area contributed by atoms with Crippen LogP contribution in [0.15, 0.2) is 28.8 Å². The number of carbonyl (C=O) groups is 1. The van der Waals surface area contributed by atoms with Crippen LogP contribution in [0.3, 0.4) is 0 Å². The summed E-state index contributed by atoms with van der Waals surface area (Å²) < 4.78 is 38.9. The number of amides is 1. The van der Waals surface area contributed by atoms with Crippen molar-refractivity contribution >= 4 is 11.7 Å². The van der Waals surface area contributed by atoms with Gasteiger partial charge in [0.1, 0.15) is 18.2 Å². The lowest BCUT2D eigenvalue weighted by Crippen LogP contribution is -2.16. The molecule has 0 bridgehead atoms. The van der Waals surface area contributed by atoms with Crippen molar-refractivity contribution in [3.8, 4) is 5.75 Å². The monoisotopic (exact) mass is 376 g/mol. The van der Waals surface area contributed by atoms with Crippen LogP contribution in [0.5, 0.6) is 5.75 Å². The third kappa shape index (κ3) is 3.97. The molecule has 0 saturated heterocycles. The maximum absolute atomic E-state index is 13.7. The topological polar surface area (TPSA) is 82.2 Å². The molecule has 2 aromatic heterocycles. The third-order valence-corrected chi connectivity index (χ3v) is 3.99. The Kier molecular flexibility index (Phi) is 5.20. The normalized spacial score (nSPS) is 10.9. The molecule has 27 heavy (non-hydrogen) atoms. The molecule has 0 aliphatic heterocycles. The summed E-state index contributed by atoms with van der Waals surface area (Å²) in [6.07, 6.45) is 0. The van der Waals surface area contributed by atoms with E-state index in [4.69, 9.17) is 9.26 Å². The lowest BCUT2D eigenvalue weighted by Gasteiger charge is -2.07. The number of hydrogen-bond donors (Lipinski definition) is 1. The second-order valence-corrected chi connectivity index (χ2v) is 5.87. The number of anilines is 1. The van der Waals surface area contributed by atoms with Crippen LogP contribution in [0.25, 0.3) is 0 Å². The quantitative estimate of drug-likeness (QED) is 0.711. The molecule has 3 aromatic rings. The number of ether oxygens (including phenoxy) is 1. The van der Waals surface area contributed by atoms with Gasteiger partial charge in [0.2, 0.25) is 0 Å². The smallest absolute Gasteiger partial charge is 0.279 e. The summed E-state index contributed by atoms with van der Waals surface area (Å²) in [7, 11) is 0. The number of halogens is 2. The van der Waals surface area contributed by atoms with E-state index in [2.05, 4.69) is 15.6 Å². The maximum Gasteiger partial charge on any atom is 0.279 e. The Bertz CT molecular complexity index is 981. The molecule has 1 N–H and O–H groups in total. The predicted molar refractivity (Wildman–Crippen MR) is 92.5 cm³/mol. The molecule has 1 amide bonds. The maximum atomic E-state index is 13.7. The van der Waals surface area contributed by atoms with Gasteiger partial charge in [0.25, 0.3) is 5.91 Å². The standard InChI is InChI=1S/C18H18F2N4O3/c1-4-24-10(2)7-16(22-24)21-18(25)17-13(11(3)27-23-17)9-26-15-6-5-12(19)8-14(15)20/h5-8H,4,9H2,1-3H3,(H,21,22,25). The molecule has 0 spiro atoms. The molecule has 0 aliphatic rings. The zero-order valence-corrected chi connectivity index (χ0v) is 15.0.